The predicted octanol–water partition coefficient (Wildman–Crippen LogP) is 1.94. The normalized spacial score (nSPS) is 26.5. The number of carbonyl (C=O) groups excluding carboxylic acids is 2. The van der Waals surface area contributed by atoms with Crippen LogP contribution in [-0.4, -0.2) is 17.9 Å². The fraction of sp³-hybridized carbons (Fsp3) is 0.818. The standard InChI is InChI=1S/C11H18O3/c1-11(2,3)14-10(13)9-6-8(7-9)4-5-12/h5,8-9H,4,6-7H2,1-3H3. The molecule has 0 heterocycles. The first kappa shape index (κ1) is 11.2. The Morgan fingerprint density at radius 1 is 1.43 bits per heavy atom. The van der Waals surface area contributed by atoms with Gasteiger partial charge in [-0.15, -0.1) is 0 Å². The van der Waals surface area contributed by atoms with E-state index >= 15 is 0 Å². The molecule has 3 heteroatoms. The molecule has 1 rings (SSSR count). The monoisotopic (exact) mass is 198 g/mol. The summed E-state index contributed by atoms with van der Waals surface area (Å²) in [5.74, 6) is 0.323. The Kier molecular flexibility index (Phi) is 3.29. The largest absolute Gasteiger partial charge is 0.460 e. The second-order valence-electron chi connectivity index (χ2n) is 4.97. The van der Waals surface area contributed by atoms with Gasteiger partial charge in [0.15, 0.2) is 0 Å². The highest BCUT2D eigenvalue weighted by Gasteiger charge is 2.36. The fourth-order valence-corrected chi connectivity index (χ4v) is 1.64. The van der Waals surface area contributed by atoms with Gasteiger partial charge in [0.05, 0.1) is 5.92 Å². The zero-order valence-corrected chi connectivity index (χ0v) is 9.08. The van der Waals surface area contributed by atoms with E-state index in [0.29, 0.717) is 12.3 Å². The quantitative estimate of drug-likeness (QED) is 0.514. The van der Waals surface area contributed by atoms with Gasteiger partial charge in [0, 0.05) is 6.42 Å². The van der Waals surface area contributed by atoms with Crippen molar-refractivity contribution in [3.05, 3.63) is 0 Å². The molecule has 0 N–H and O–H groups in total. The van der Waals surface area contributed by atoms with Crippen LogP contribution in [0.25, 0.3) is 0 Å². The molecule has 0 bridgehead atoms. The summed E-state index contributed by atoms with van der Waals surface area (Å²) in [6.45, 7) is 5.60. The molecular weight excluding hydrogens is 180 g/mol. The number of carbonyl (C=O) groups is 2. The lowest BCUT2D eigenvalue weighted by atomic mass is 9.73. The van der Waals surface area contributed by atoms with Crippen LogP contribution in [0.4, 0.5) is 0 Å². The zero-order valence-electron chi connectivity index (χ0n) is 9.08. The number of hydrogen-bond acceptors (Lipinski definition) is 3. The van der Waals surface area contributed by atoms with Crippen LogP contribution in [0.5, 0.6) is 0 Å². The van der Waals surface area contributed by atoms with Gasteiger partial charge in [-0.2, -0.15) is 0 Å². The molecule has 0 aromatic rings. The third-order valence-electron chi connectivity index (χ3n) is 2.41. The molecule has 0 amide bonds. The number of ether oxygens (including phenoxy) is 1. The van der Waals surface area contributed by atoms with Gasteiger partial charge in [-0.25, -0.2) is 0 Å². The van der Waals surface area contributed by atoms with Crippen molar-refractivity contribution in [2.45, 2.75) is 45.6 Å². The fourth-order valence-electron chi connectivity index (χ4n) is 1.64. The third kappa shape index (κ3) is 3.13. The summed E-state index contributed by atoms with van der Waals surface area (Å²) < 4.78 is 5.24. The van der Waals surface area contributed by atoms with Gasteiger partial charge in [0.2, 0.25) is 0 Å². The van der Waals surface area contributed by atoms with Crippen molar-refractivity contribution in [1.82, 2.24) is 0 Å². The summed E-state index contributed by atoms with van der Waals surface area (Å²) in [6.07, 6.45) is 3.14. The lowest BCUT2D eigenvalue weighted by Crippen LogP contribution is -2.36. The zero-order chi connectivity index (χ0) is 10.8. The molecule has 0 radical (unpaired) electrons. The van der Waals surface area contributed by atoms with Crippen LogP contribution in [0.2, 0.25) is 0 Å². The molecule has 80 valence electrons. The molecule has 0 atom stereocenters. The van der Waals surface area contributed by atoms with Crippen molar-refractivity contribution in [3.63, 3.8) is 0 Å². The Labute approximate surface area is 84.8 Å². The van der Waals surface area contributed by atoms with E-state index in [-0.39, 0.29) is 11.9 Å². The van der Waals surface area contributed by atoms with Crippen LogP contribution in [0.3, 0.4) is 0 Å². The minimum Gasteiger partial charge on any atom is -0.460 e. The molecule has 0 aromatic heterocycles. The Hall–Kier alpha value is -0.860. The van der Waals surface area contributed by atoms with Crippen molar-refractivity contribution in [2.24, 2.45) is 11.8 Å². The van der Waals surface area contributed by atoms with Gasteiger partial charge >= 0.3 is 5.97 Å². The second kappa shape index (κ2) is 4.11. The molecular formula is C11H18O3. The Bertz CT molecular complexity index is 221. The minimum absolute atomic E-state index is 0.0270. The van der Waals surface area contributed by atoms with E-state index in [0.717, 1.165) is 19.1 Å². The first-order chi connectivity index (χ1) is 6.42. The summed E-state index contributed by atoms with van der Waals surface area (Å²) in [4.78, 5) is 21.7. The maximum absolute atomic E-state index is 11.5. The van der Waals surface area contributed by atoms with Gasteiger partial charge in [-0.1, -0.05) is 0 Å². The van der Waals surface area contributed by atoms with Crippen LogP contribution in [0.1, 0.15) is 40.0 Å². The maximum Gasteiger partial charge on any atom is 0.309 e. The van der Waals surface area contributed by atoms with Crippen LogP contribution < -0.4 is 0 Å². The minimum atomic E-state index is -0.396. The summed E-state index contributed by atoms with van der Waals surface area (Å²) >= 11 is 0. The molecule has 1 aliphatic rings. The van der Waals surface area contributed by atoms with E-state index in [1.54, 1.807) is 0 Å². The van der Waals surface area contributed by atoms with Crippen molar-refractivity contribution in [3.8, 4) is 0 Å². The first-order valence-corrected chi connectivity index (χ1v) is 5.09. The molecule has 0 saturated heterocycles. The second-order valence-corrected chi connectivity index (χ2v) is 4.97. The SMILES string of the molecule is CC(C)(C)OC(=O)C1CC(CC=O)C1. The predicted molar refractivity (Wildman–Crippen MR) is 52.7 cm³/mol. The van der Waals surface area contributed by atoms with E-state index in [1.807, 2.05) is 20.8 Å². The van der Waals surface area contributed by atoms with E-state index < -0.39 is 5.60 Å². The molecule has 0 unspecified atom stereocenters. The summed E-state index contributed by atoms with van der Waals surface area (Å²) in [7, 11) is 0. The van der Waals surface area contributed by atoms with Crippen LogP contribution >= 0.6 is 0 Å². The molecule has 14 heavy (non-hydrogen) atoms. The summed E-state index contributed by atoms with van der Waals surface area (Å²) in [6, 6.07) is 0. The van der Waals surface area contributed by atoms with E-state index in [2.05, 4.69) is 0 Å². The van der Waals surface area contributed by atoms with Gasteiger partial charge in [0.1, 0.15) is 11.9 Å². The van der Waals surface area contributed by atoms with E-state index in [4.69, 9.17) is 4.74 Å². The van der Waals surface area contributed by atoms with E-state index in [1.165, 1.54) is 0 Å². The molecule has 3 nitrogen and oxygen atoms in total. The number of aldehydes is 1. The molecule has 1 fully saturated rings. The lowest BCUT2D eigenvalue weighted by molar-refractivity contribution is -0.165. The van der Waals surface area contributed by atoms with Crippen molar-refractivity contribution < 1.29 is 14.3 Å². The van der Waals surface area contributed by atoms with Crippen molar-refractivity contribution in [2.75, 3.05) is 0 Å². The van der Waals surface area contributed by atoms with Gasteiger partial charge in [-0.3, -0.25) is 4.79 Å². The van der Waals surface area contributed by atoms with Gasteiger partial charge in [0.25, 0.3) is 0 Å². The van der Waals surface area contributed by atoms with Crippen LogP contribution in [0, 0.1) is 11.8 Å². The number of rotatable bonds is 3. The number of hydrogen-bond donors (Lipinski definition) is 0. The van der Waals surface area contributed by atoms with Crippen LogP contribution in [0.15, 0.2) is 0 Å². The Morgan fingerprint density at radius 2 is 2.00 bits per heavy atom. The topological polar surface area (TPSA) is 43.4 Å². The summed E-state index contributed by atoms with van der Waals surface area (Å²) in [5, 5.41) is 0. The average Bonchev–Trinajstić information content (AvgIpc) is 1.91. The molecule has 1 aliphatic carbocycles. The molecule has 0 aromatic carbocycles. The van der Waals surface area contributed by atoms with E-state index in [9.17, 15) is 9.59 Å². The lowest BCUT2D eigenvalue weighted by Gasteiger charge is -2.34. The first-order valence-electron chi connectivity index (χ1n) is 5.09. The maximum atomic E-state index is 11.5. The van der Waals surface area contributed by atoms with Crippen LogP contribution in [-0.2, 0) is 14.3 Å². The highest BCUT2D eigenvalue weighted by molar-refractivity contribution is 5.74. The van der Waals surface area contributed by atoms with Crippen molar-refractivity contribution in [1.29, 1.82) is 0 Å². The Balaban J connectivity index is 2.26. The average molecular weight is 198 g/mol. The molecule has 0 aliphatic heterocycles. The highest BCUT2D eigenvalue weighted by atomic mass is 16.6. The third-order valence-corrected chi connectivity index (χ3v) is 2.41. The number of esters is 1. The molecule has 1 saturated carbocycles. The smallest absolute Gasteiger partial charge is 0.309 e. The van der Waals surface area contributed by atoms with Gasteiger partial charge < -0.3 is 9.53 Å². The molecule has 0 spiro atoms. The summed E-state index contributed by atoms with van der Waals surface area (Å²) in [5.41, 5.74) is -0.396. The Morgan fingerprint density at radius 3 is 2.43 bits per heavy atom. The van der Waals surface area contributed by atoms with Gasteiger partial charge in [-0.05, 0) is 39.5 Å². The van der Waals surface area contributed by atoms with Crippen molar-refractivity contribution >= 4 is 12.3 Å². The highest BCUT2D eigenvalue weighted by Crippen LogP contribution is 2.36.